The Labute approximate surface area is 129 Å². The zero-order valence-electron chi connectivity index (χ0n) is 12.2. The predicted molar refractivity (Wildman–Crippen MR) is 82.3 cm³/mol. The summed E-state index contributed by atoms with van der Waals surface area (Å²) in [5.74, 6) is -0.446. The Morgan fingerprint density at radius 2 is 1.86 bits per heavy atom. The van der Waals surface area contributed by atoms with Crippen LogP contribution in [0.5, 0.6) is 0 Å². The Bertz CT molecular complexity index is 732. The Hall–Kier alpha value is -1.76. The fraction of sp³-hybridized carbons (Fsp3) is 0.250. The maximum atomic E-state index is 13.2. The number of benzene rings is 2. The summed E-state index contributed by atoms with van der Waals surface area (Å²) in [6.45, 7) is 1.60. The molecule has 2 rings (SSSR count). The first kappa shape index (κ1) is 16.6. The number of halogens is 1. The van der Waals surface area contributed by atoms with Gasteiger partial charge in [0.15, 0.2) is 0 Å². The van der Waals surface area contributed by atoms with Crippen molar-refractivity contribution in [3.8, 4) is 0 Å². The number of nitrogens with one attached hydrogen (secondary N) is 1. The van der Waals surface area contributed by atoms with Crippen molar-refractivity contribution in [2.45, 2.75) is 24.3 Å². The number of rotatable bonds is 6. The first-order valence-corrected chi connectivity index (χ1v) is 8.37. The highest BCUT2D eigenvalue weighted by atomic mass is 32.2. The van der Waals surface area contributed by atoms with Crippen molar-refractivity contribution in [1.29, 1.82) is 0 Å². The van der Waals surface area contributed by atoms with Crippen LogP contribution in [-0.2, 0) is 10.0 Å². The Kier molecular flexibility index (Phi) is 5.28. The molecule has 0 heterocycles. The molecule has 2 N–H and O–H groups in total. The van der Waals surface area contributed by atoms with Crippen molar-refractivity contribution < 1.29 is 17.9 Å². The first-order valence-electron chi connectivity index (χ1n) is 6.89. The molecule has 2 aromatic carbocycles. The van der Waals surface area contributed by atoms with E-state index >= 15 is 0 Å². The fourth-order valence-electron chi connectivity index (χ4n) is 2.04. The van der Waals surface area contributed by atoms with Crippen molar-refractivity contribution in [3.63, 3.8) is 0 Å². The van der Waals surface area contributed by atoms with Crippen LogP contribution in [0.1, 0.15) is 23.7 Å². The predicted octanol–water partition coefficient (Wildman–Crippen LogP) is 2.54. The van der Waals surface area contributed by atoms with Gasteiger partial charge in [-0.1, -0.05) is 30.3 Å². The highest BCUT2D eigenvalue weighted by Gasteiger charge is 2.16. The van der Waals surface area contributed by atoms with E-state index in [1.54, 1.807) is 12.1 Å². The third kappa shape index (κ3) is 4.13. The van der Waals surface area contributed by atoms with Gasteiger partial charge >= 0.3 is 0 Å². The number of hydrogen-bond donors (Lipinski definition) is 2. The molecule has 0 amide bonds. The maximum absolute atomic E-state index is 13.2. The molecule has 0 aliphatic heterocycles. The first-order chi connectivity index (χ1) is 10.4. The molecule has 0 radical (unpaired) electrons. The van der Waals surface area contributed by atoms with Crippen LogP contribution >= 0.6 is 0 Å². The third-order valence-corrected chi connectivity index (χ3v) is 4.79. The second-order valence-corrected chi connectivity index (χ2v) is 6.79. The zero-order valence-corrected chi connectivity index (χ0v) is 13.0. The van der Waals surface area contributed by atoms with Gasteiger partial charge in [-0.15, -0.1) is 0 Å². The molecular weight excluding hydrogens is 305 g/mol. The molecule has 118 valence electrons. The van der Waals surface area contributed by atoms with Crippen LogP contribution in [0.25, 0.3) is 0 Å². The summed E-state index contributed by atoms with van der Waals surface area (Å²) in [6.07, 6.45) is -0.484. The minimum absolute atomic E-state index is 0.0144. The van der Waals surface area contributed by atoms with Gasteiger partial charge in [0, 0.05) is 6.54 Å². The average molecular weight is 323 g/mol. The smallest absolute Gasteiger partial charge is 0.240 e. The molecule has 4 nitrogen and oxygen atoms in total. The van der Waals surface area contributed by atoms with Crippen LogP contribution in [-0.4, -0.2) is 20.1 Å². The van der Waals surface area contributed by atoms with Crippen LogP contribution in [0.4, 0.5) is 4.39 Å². The van der Waals surface area contributed by atoms with E-state index < -0.39 is 21.9 Å². The Balaban J connectivity index is 1.97. The van der Waals surface area contributed by atoms with Gasteiger partial charge in [-0.05, 0) is 42.7 Å². The molecule has 0 spiro atoms. The van der Waals surface area contributed by atoms with Gasteiger partial charge in [-0.25, -0.2) is 17.5 Å². The molecule has 0 aliphatic carbocycles. The zero-order chi connectivity index (χ0) is 16.2. The van der Waals surface area contributed by atoms with Crippen molar-refractivity contribution in [2.24, 2.45) is 0 Å². The van der Waals surface area contributed by atoms with Gasteiger partial charge in [-0.3, -0.25) is 0 Å². The molecule has 0 fully saturated rings. The Morgan fingerprint density at radius 3 is 2.50 bits per heavy atom. The lowest BCUT2D eigenvalue weighted by molar-refractivity contribution is 0.169. The lowest BCUT2D eigenvalue weighted by atomic mass is 10.1. The summed E-state index contributed by atoms with van der Waals surface area (Å²) in [4.78, 5) is 0.0144. The second-order valence-electron chi connectivity index (χ2n) is 5.02. The number of hydrogen-bond acceptors (Lipinski definition) is 3. The minimum atomic E-state index is -3.71. The third-order valence-electron chi connectivity index (χ3n) is 3.33. The molecular formula is C16H18FNO3S. The molecule has 0 aromatic heterocycles. The van der Waals surface area contributed by atoms with E-state index in [2.05, 4.69) is 4.72 Å². The molecule has 1 unspecified atom stereocenters. The molecule has 2 aromatic rings. The van der Waals surface area contributed by atoms with E-state index in [9.17, 15) is 17.9 Å². The molecule has 6 heteroatoms. The molecule has 22 heavy (non-hydrogen) atoms. The molecule has 0 bridgehead atoms. The summed E-state index contributed by atoms with van der Waals surface area (Å²) >= 11 is 0. The second kappa shape index (κ2) is 7.00. The highest BCUT2D eigenvalue weighted by Crippen LogP contribution is 2.17. The standard InChI is InChI=1S/C16H18FNO3S/c1-12-11-14(7-8-15(12)17)22(20,21)18-10-9-16(19)13-5-3-2-4-6-13/h2-8,11,16,18-19H,9-10H2,1H3. The molecule has 0 aliphatic rings. The summed E-state index contributed by atoms with van der Waals surface area (Å²) < 4.78 is 39.8. The van der Waals surface area contributed by atoms with Crippen LogP contribution in [0.15, 0.2) is 53.4 Å². The SMILES string of the molecule is Cc1cc(S(=O)(=O)NCCC(O)c2ccccc2)ccc1F. The fourth-order valence-corrected chi connectivity index (χ4v) is 3.17. The van der Waals surface area contributed by atoms with Gasteiger partial charge < -0.3 is 5.11 Å². The van der Waals surface area contributed by atoms with E-state index in [0.717, 1.165) is 11.6 Å². The van der Waals surface area contributed by atoms with Crippen LogP contribution in [0.3, 0.4) is 0 Å². The van der Waals surface area contributed by atoms with Gasteiger partial charge in [0.05, 0.1) is 11.0 Å². The minimum Gasteiger partial charge on any atom is -0.388 e. The highest BCUT2D eigenvalue weighted by molar-refractivity contribution is 7.89. The van der Waals surface area contributed by atoms with E-state index in [1.807, 2.05) is 18.2 Å². The normalized spacial score (nSPS) is 13.0. The van der Waals surface area contributed by atoms with Gasteiger partial charge in [0.25, 0.3) is 0 Å². The van der Waals surface area contributed by atoms with Crippen molar-refractivity contribution in [3.05, 3.63) is 65.5 Å². The summed E-state index contributed by atoms with van der Waals surface area (Å²) in [5, 5.41) is 9.98. The van der Waals surface area contributed by atoms with Crippen molar-refractivity contribution >= 4 is 10.0 Å². The number of sulfonamides is 1. The lowest BCUT2D eigenvalue weighted by Crippen LogP contribution is -2.26. The van der Waals surface area contributed by atoms with Gasteiger partial charge in [-0.2, -0.15) is 0 Å². The van der Waals surface area contributed by atoms with E-state index in [0.29, 0.717) is 0 Å². The van der Waals surface area contributed by atoms with Gasteiger partial charge in [0.1, 0.15) is 5.82 Å². The van der Waals surface area contributed by atoms with Crippen LogP contribution in [0.2, 0.25) is 0 Å². The summed E-state index contributed by atoms with van der Waals surface area (Å²) in [7, 11) is -3.71. The largest absolute Gasteiger partial charge is 0.388 e. The number of aliphatic hydroxyl groups is 1. The van der Waals surface area contributed by atoms with E-state index in [4.69, 9.17) is 0 Å². The summed E-state index contributed by atoms with van der Waals surface area (Å²) in [5.41, 5.74) is 1.01. The quantitative estimate of drug-likeness (QED) is 0.858. The van der Waals surface area contributed by atoms with E-state index in [1.165, 1.54) is 19.1 Å². The number of aliphatic hydroxyl groups excluding tert-OH is 1. The van der Waals surface area contributed by atoms with Gasteiger partial charge in [0.2, 0.25) is 10.0 Å². The number of aryl methyl sites for hydroxylation is 1. The van der Waals surface area contributed by atoms with Crippen molar-refractivity contribution in [2.75, 3.05) is 6.54 Å². The summed E-state index contributed by atoms with van der Waals surface area (Å²) in [6, 6.07) is 12.7. The van der Waals surface area contributed by atoms with Crippen molar-refractivity contribution in [1.82, 2.24) is 4.72 Å². The molecule has 1 atom stereocenters. The Morgan fingerprint density at radius 1 is 1.18 bits per heavy atom. The molecule has 0 saturated carbocycles. The monoisotopic (exact) mass is 323 g/mol. The van der Waals surface area contributed by atoms with Crippen LogP contribution in [0, 0.1) is 12.7 Å². The topological polar surface area (TPSA) is 66.4 Å². The lowest BCUT2D eigenvalue weighted by Gasteiger charge is -2.12. The molecule has 0 saturated heterocycles. The van der Waals surface area contributed by atoms with Crippen LogP contribution < -0.4 is 4.72 Å². The average Bonchev–Trinajstić information content (AvgIpc) is 2.50. The van der Waals surface area contributed by atoms with E-state index in [-0.39, 0.29) is 23.4 Å². The maximum Gasteiger partial charge on any atom is 0.240 e.